The molecule has 2 aromatic rings. The fraction of sp³-hybridized carbons (Fsp3) is 0.421. The first-order valence-corrected chi connectivity index (χ1v) is 8.79. The highest BCUT2D eigenvalue weighted by Gasteiger charge is 2.25. The first-order valence-electron chi connectivity index (χ1n) is 8.79. The summed E-state index contributed by atoms with van der Waals surface area (Å²) in [7, 11) is 0. The molecule has 4 rings (SSSR count). The van der Waals surface area contributed by atoms with Crippen molar-refractivity contribution in [1.82, 2.24) is 10.2 Å². The summed E-state index contributed by atoms with van der Waals surface area (Å²) in [5.41, 5.74) is 3.37. The van der Waals surface area contributed by atoms with Crippen LogP contribution in [0.5, 0.6) is 0 Å². The molecular formula is C19H22N4O. The van der Waals surface area contributed by atoms with Crippen LogP contribution in [-0.2, 0) is 0 Å². The summed E-state index contributed by atoms with van der Waals surface area (Å²) >= 11 is 0. The summed E-state index contributed by atoms with van der Waals surface area (Å²) < 4.78 is 0. The van der Waals surface area contributed by atoms with Gasteiger partial charge in [0.25, 0.3) is 5.91 Å². The Kier molecular flexibility index (Phi) is 4.15. The highest BCUT2D eigenvalue weighted by Crippen LogP contribution is 2.38. The first-order chi connectivity index (χ1) is 11.8. The topological polar surface area (TPSA) is 58.1 Å². The van der Waals surface area contributed by atoms with Gasteiger partial charge in [-0.1, -0.05) is 0 Å². The van der Waals surface area contributed by atoms with E-state index in [1.807, 2.05) is 18.2 Å². The minimum atomic E-state index is -0.212. The normalized spacial score (nSPS) is 17.6. The van der Waals surface area contributed by atoms with E-state index in [0.29, 0.717) is 11.6 Å². The summed E-state index contributed by atoms with van der Waals surface area (Å²) in [6.45, 7) is 2.24. The smallest absolute Gasteiger partial charge is 0.276 e. The van der Waals surface area contributed by atoms with Gasteiger partial charge in [0.1, 0.15) is 0 Å². The van der Waals surface area contributed by atoms with Crippen LogP contribution < -0.4 is 10.2 Å². The molecule has 1 saturated heterocycles. The Morgan fingerprint density at radius 2 is 1.71 bits per heavy atom. The fourth-order valence-electron chi connectivity index (χ4n) is 3.16. The summed E-state index contributed by atoms with van der Waals surface area (Å²) in [6.07, 6.45) is 6.21. The molecule has 124 valence electrons. The highest BCUT2D eigenvalue weighted by atomic mass is 16.1. The molecule has 0 spiro atoms. The molecular weight excluding hydrogens is 300 g/mol. The molecule has 0 bridgehead atoms. The zero-order valence-electron chi connectivity index (χ0n) is 13.7. The van der Waals surface area contributed by atoms with E-state index >= 15 is 0 Å². The second-order valence-corrected chi connectivity index (χ2v) is 6.67. The third-order valence-electron chi connectivity index (χ3n) is 4.76. The zero-order chi connectivity index (χ0) is 16.4. The van der Waals surface area contributed by atoms with Gasteiger partial charge in [0.2, 0.25) is 0 Å². The molecule has 1 N–H and O–H groups in total. The zero-order valence-corrected chi connectivity index (χ0v) is 13.7. The molecule has 2 heterocycles. The van der Waals surface area contributed by atoms with Crippen molar-refractivity contribution >= 4 is 17.3 Å². The summed E-state index contributed by atoms with van der Waals surface area (Å²) in [5, 5.41) is 11.1. The monoisotopic (exact) mass is 322 g/mol. The van der Waals surface area contributed by atoms with E-state index in [1.54, 1.807) is 6.07 Å². The summed E-state index contributed by atoms with van der Waals surface area (Å²) in [4.78, 5) is 14.7. The molecule has 5 heteroatoms. The lowest BCUT2D eigenvalue weighted by Gasteiger charge is -2.28. The van der Waals surface area contributed by atoms with Crippen molar-refractivity contribution in [3.8, 4) is 0 Å². The molecule has 2 fully saturated rings. The standard InChI is InChI=1S/C19H22N4O/c24-19(18-11-10-17(21-22-18)14-4-5-14)20-15-6-8-16(9-7-15)23-12-2-1-3-13-23/h6-11,14H,1-5,12-13H2,(H,20,24). The number of benzene rings is 1. The van der Waals surface area contributed by atoms with E-state index in [4.69, 9.17) is 0 Å². The third-order valence-corrected chi connectivity index (χ3v) is 4.76. The number of rotatable bonds is 4. The minimum Gasteiger partial charge on any atom is -0.372 e. The number of hydrogen-bond acceptors (Lipinski definition) is 4. The van der Waals surface area contributed by atoms with Crippen molar-refractivity contribution in [2.45, 2.75) is 38.0 Å². The fourth-order valence-corrected chi connectivity index (χ4v) is 3.16. The van der Waals surface area contributed by atoms with Gasteiger partial charge < -0.3 is 10.2 Å². The van der Waals surface area contributed by atoms with Gasteiger partial charge in [-0.15, -0.1) is 5.10 Å². The van der Waals surface area contributed by atoms with Gasteiger partial charge in [0, 0.05) is 30.4 Å². The summed E-state index contributed by atoms with van der Waals surface area (Å²) in [6, 6.07) is 11.7. The molecule has 1 amide bonds. The van der Waals surface area contributed by atoms with E-state index in [9.17, 15) is 4.79 Å². The van der Waals surface area contributed by atoms with E-state index in [-0.39, 0.29) is 5.91 Å². The molecule has 1 aliphatic carbocycles. The minimum absolute atomic E-state index is 0.212. The molecule has 1 aromatic carbocycles. The van der Waals surface area contributed by atoms with Crippen LogP contribution in [0.2, 0.25) is 0 Å². The van der Waals surface area contributed by atoms with Gasteiger partial charge in [-0.05, 0) is 68.5 Å². The van der Waals surface area contributed by atoms with Crippen LogP contribution in [0.3, 0.4) is 0 Å². The highest BCUT2D eigenvalue weighted by molar-refractivity contribution is 6.02. The average Bonchev–Trinajstić information content (AvgIpc) is 3.48. The Morgan fingerprint density at radius 1 is 0.958 bits per heavy atom. The van der Waals surface area contributed by atoms with Crippen LogP contribution in [0.15, 0.2) is 36.4 Å². The van der Waals surface area contributed by atoms with Crippen LogP contribution in [0.4, 0.5) is 11.4 Å². The molecule has 1 saturated carbocycles. The van der Waals surface area contributed by atoms with E-state index in [1.165, 1.54) is 37.8 Å². The lowest BCUT2D eigenvalue weighted by Crippen LogP contribution is -2.29. The largest absolute Gasteiger partial charge is 0.372 e. The number of carbonyl (C=O) groups excluding carboxylic acids is 1. The summed E-state index contributed by atoms with van der Waals surface area (Å²) in [5.74, 6) is 0.340. The molecule has 5 nitrogen and oxygen atoms in total. The lowest BCUT2D eigenvalue weighted by atomic mass is 10.1. The van der Waals surface area contributed by atoms with Gasteiger partial charge in [-0.25, -0.2) is 0 Å². The number of anilines is 2. The van der Waals surface area contributed by atoms with E-state index in [2.05, 4.69) is 32.5 Å². The number of carbonyl (C=O) groups is 1. The molecule has 1 aromatic heterocycles. The molecule has 0 unspecified atom stereocenters. The van der Waals surface area contributed by atoms with Crippen molar-refractivity contribution in [1.29, 1.82) is 0 Å². The molecule has 24 heavy (non-hydrogen) atoms. The molecule has 0 radical (unpaired) electrons. The third kappa shape index (κ3) is 3.40. The van der Waals surface area contributed by atoms with Crippen molar-refractivity contribution in [3.63, 3.8) is 0 Å². The van der Waals surface area contributed by atoms with Gasteiger partial charge in [-0.2, -0.15) is 5.10 Å². The van der Waals surface area contributed by atoms with Crippen molar-refractivity contribution in [2.75, 3.05) is 23.3 Å². The Hall–Kier alpha value is -2.43. The Bertz CT molecular complexity index is 701. The van der Waals surface area contributed by atoms with Crippen LogP contribution >= 0.6 is 0 Å². The maximum absolute atomic E-state index is 12.3. The number of nitrogens with one attached hydrogen (secondary N) is 1. The van der Waals surface area contributed by atoms with E-state index in [0.717, 1.165) is 24.5 Å². The predicted molar refractivity (Wildman–Crippen MR) is 94.5 cm³/mol. The van der Waals surface area contributed by atoms with E-state index < -0.39 is 0 Å². The van der Waals surface area contributed by atoms with Gasteiger partial charge >= 0.3 is 0 Å². The van der Waals surface area contributed by atoms with Crippen molar-refractivity contribution < 1.29 is 4.79 Å². The second-order valence-electron chi connectivity index (χ2n) is 6.67. The van der Waals surface area contributed by atoms with Crippen LogP contribution in [0.25, 0.3) is 0 Å². The van der Waals surface area contributed by atoms with Crippen molar-refractivity contribution in [2.24, 2.45) is 0 Å². The maximum Gasteiger partial charge on any atom is 0.276 e. The molecule has 1 aliphatic heterocycles. The van der Waals surface area contributed by atoms with Gasteiger partial charge in [0.05, 0.1) is 5.69 Å². The Labute approximate surface area is 142 Å². The van der Waals surface area contributed by atoms with Crippen LogP contribution in [0.1, 0.15) is 54.2 Å². The number of piperidine rings is 1. The quantitative estimate of drug-likeness (QED) is 0.934. The first kappa shape index (κ1) is 15.1. The SMILES string of the molecule is O=C(Nc1ccc(N2CCCCC2)cc1)c1ccc(C2CC2)nn1. The number of amides is 1. The lowest BCUT2D eigenvalue weighted by molar-refractivity contribution is 0.102. The predicted octanol–water partition coefficient (Wildman–Crippen LogP) is 3.60. The molecule has 0 atom stereocenters. The molecule has 2 aliphatic rings. The number of nitrogens with zero attached hydrogens (tertiary/aromatic N) is 3. The van der Waals surface area contributed by atoms with Gasteiger partial charge in [0.15, 0.2) is 5.69 Å². The maximum atomic E-state index is 12.3. The Morgan fingerprint density at radius 3 is 2.33 bits per heavy atom. The average molecular weight is 322 g/mol. The van der Waals surface area contributed by atoms with Crippen LogP contribution in [-0.4, -0.2) is 29.2 Å². The Balaban J connectivity index is 1.39. The number of aromatic nitrogens is 2. The second kappa shape index (κ2) is 6.59. The van der Waals surface area contributed by atoms with Crippen LogP contribution in [0, 0.1) is 0 Å². The van der Waals surface area contributed by atoms with Gasteiger partial charge in [-0.3, -0.25) is 4.79 Å². The number of hydrogen-bond donors (Lipinski definition) is 1. The van der Waals surface area contributed by atoms with Crippen molar-refractivity contribution in [3.05, 3.63) is 47.8 Å².